The molecule has 0 bridgehead atoms. The minimum absolute atomic E-state index is 0.0191. The fourth-order valence-corrected chi connectivity index (χ4v) is 1.88. The Kier molecular flexibility index (Phi) is 2.87. The Morgan fingerprint density at radius 1 is 1.79 bits per heavy atom. The van der Waals surface area contributed by atoms with E-state index in [-0.39, 0.29) is 10.7 Å². The second-order valence-corrected chi connectivity index (χ2v) is 4.45. The van der Waals surface area contributed by atoms with Crippen molar-refractivity contribution in [3.8, 4) is 0 Å². The van der Waals surface area contributed by atoms with Crippen molar-refractivity contribution in [2.24, 2.45) is 5.73 Å². The fourth-order valence-electron chi connectivity index (χ4n) is 0.750. The van der Waals surface area contributed by atoms with Gasteiger partial charge in [0.2, 0.25) is 10.0 Å². The van der Waals surface area contributed by atoms with Crippen molar-refractivity contribution in [2.45, 2.75) is 17.9 Å². The standard InChI is InChI=1S/C6H11N5O2S/c1-4(6(7)8)11-14(12,13)5-2-9-10-3-5/h2-4,11H,1H3,(H3,7,8)(H,9,10). The van der Waals surface area contributed by atoms with E-state index in [4.69, 9.17) is 11.1 Å². The van der Waals surface area contributed by atoms with Crippen molar-refractivity contribution < 1.29 is 8.42 Å². The summed E-state index contributed by atoms with van der Waals surface area (Å²) in [7, 11) is -3.63. The van der Waals surface area contributed by atoms with Crippen molar-refractivity contribution in [3.05, 3.63) is 12.4 Å². The number of aromatic nitrogens is 2. The molecule has 1 heterocycles. The average molecular weight is 217 g/mol. The van der Waals surface area contributed by atoms with Gasteiger partial charge in [-0.1, -0.05) is 0 Å². The van der Waals surface area contributed by atoms with E-state index in [1.807, 2.05) is 0 Å². The predicted molar refractivity (Wildman–Crippen MR) is 50.3 cm³/mol. The molecule has 5 N–H and O–H groups in total. The first kappa shape index (κ1) is 10.7. The molecule has 14 heavy (non-hydrogen) atoms. The Hall–Kier alpha value is -1.41. The maximum atomic E-state index is 11.5. The molecule has 0 aliphatic carbocycles. The molecule has 0 aliphatic heterocycles. The molecule has 0 aliphatic rings. The quantitative estimate of drug-likeness (QED) is 0.382. The van der Waals surface area contributed by atoms with Gasteiger partial charge in [0.1, 0.15) is 10.7 Å². The van der Waals surface area contributed by atoms with Crippen LogP contribution in [0.1, 0.15) is 6.92 Å². The Labute approximate surface area is 81.3 Å². The average Bonchev–Trinajstić information content (AvgIpc) is 2.54. The molecule has 0 amide bonds. The van der Waals surface area contributed by atoms with E-state index in [1.165, 1.54) is 19.3 Å². The number of rotatable bonds is 4. The number of hydrogen-bond acceptors (Lipinski definition) is 4. The normalized spacial score (nSPS) is 13.8. The summed E-state index contributed by atoms with van der Waals surface area (Å²) in [5.74, 6) is -0.239. The van der Waals surface area contributed by atoms with E-state index in [9.17, 15) is 8.42 Å². The molecule has 1 aromatic heterocycles. The Morgan fingerprint density at radius 3 is 2.86 bits per heavy atom. The number of sulfonamides is 1. The number of hydrogen-bond donors (Lipinski definition) is 4. The summed E-state index contributed by atoms with van der Waals surface area (Å²) in [5.41, 5.74) is 5.13. The third kappa shape index (κ3) is 2.30. The highest BCUT2D eigenvalue weighted by Gasteiger charge is 2.19. The summed E-state index contributed by atoms with van der Waals surface area (Å²) in [5, 5.41) is 12.9. The van der Waals surface area contributed by atoms with Crippen molar-refractivity contribution in [2.75, 3.05) is 0 Å². The molecule has 0 radical (unpaired) electrons. The third-order valence-electron chi connectivity index (χ3n) is 1.58. The summed E-state index contributed by atoms with van der Waals surface area (Å²) < 4.78 is 25.2. The van der Waals surface area contributed by atoms with Gasteiger partial charge in [-0.2, -0.15) is 5.10 Å². The molecule has 78 valence electrons. The highest BCUT2D eigenvalue weighted by Crippen LogP contribution is 2.04. The van der Waals surface area contributed by atoms with E-state index in [2.05, 4.69) is 14.9 Å². The molecular formula is C6H11N5O2S. The number of nitrogens with one attached hydrogen (secondary N) is 3. The third-order valence-corrected chi connectivity index (χ3v) is 3.09. The van der Waals surface area contributed by atoms with Crippen LogP contribution < -0.4 is 10.5 Å². The molecule has 0 saturated heterocycles. The van der Waals surface area contributed by atoms with Crippen molar-refractivity contribution in [1.29, 1.82) is 5.41 Å². The predicted octanol–water partition coefficient (Wildman–Crippen LogP) is -0.988. The maximum absolute atomic E-state index is 11.5. The summed E-state index contributed by atoms with van der Waals surface area (Å²) in [6.45, 7) is 1.49. The first-order chi connectivity index (χ1) is 6.43. The summed E-state index contributed by atoms with van der Waals surface area (Å²) in [6, 6.07) is -0.727. The van der Waals surface area contributed by atoms with Gasteiger partial charge in [0, 0.05) is 6.20 Å². The molecule has 0 spiro atoms. The number of H-pyrrole nitrogens is 1. The van der Waals surface area contributed by atoms with E-state index < -0.39 is 16.1 Å². The number of aromatic amines is 1. The second-order valence-electron chi connectivity index (χ2n) is 2.73. The Bertz CT molecular complexity index is 409. The first-order valence-electron chi connectivity index (χ1n) is 3.78. The van der Waals surface area contributed by atoms with Gasteiger partial charge in [-0.15, -0.1) is 0 Å². The fraction of sp³-hybridized carbons (Fsp3) is 0.333. The molecule has 0 aromatic carbocycles. The van der Waals surface area contributed by atoms with E-state index in [1.54, 1.807) is 0 Å². The van der Waals surface area contributed by atoms with Crippen LogP contribution in [0.3, 0.4) is 0 Å². The largest absolute Gasteiger partial charge is 0.386 e. The van der Waals surface area contributed by atoms with Gasteiger partial charge in [0.25, 0.3) is 0 Å². The van der Waals surface area contributed by atoms with Crippen LogP contribution >= 0.6 is 0 Å². The number of amidine groups is 1. The van der Waals surface area contributed by atoms with E-state index >= 15 is 0 Å². The van der Waals surface area contributed by atoms with Crippen LogP contribution in [0.15, 0.2) is 17.3 Å². The molecule has 1 unspecified atom stereocenters. The molecule has 0 saturated carbocycles. The minimum atomic E-state index is -3.63. The SMILES string of the molecule is CC(NS(=O)(=O)c1cn[nH]c1)C(=N)N. The van der Waals surface area contributed by atoms with Gasteiger partial charge in [-0.3, -0.25) is 10.5 Å². The molecule has 0 fully saturated rings. The van der Waals surface area contributed by atoms with Gasteiger partial charge < -0.3 is 5.73 Å². The van der Waals surface area contributed by atoms with Crippen molar-refractivity contribution >= 4 is 15.9 Å². The topological polar surface area (TPSA) is 125 Å². The lowest BCUT2D eigenvalue weighted by atomic mass is 10.3. The number of nitrogens with two attached hydrogens (primary N) is 1. The van der Waals surface area contributed by atoms with Gasteiger partial charge in [-0.25, -0.2) is 13.1 Å². The van der Waals surface area contributed by atoms with Gasteiger partial charge in [0.05, 0.1) is 12.2 Å². The monoisotopic (exact) mass is 217 g/mol. The lowest BCUT2D eigenvalue weighted by molar-refractivity contribution is 0.578. The molecule has 1 rings (SSSR count). The zero-order chi connectivity index (χ0) is 10.8. The van der Waals surface area contributed by atoms with Crippen LogP contribution in [0.25, 0.3) is 0 Å². The number of nitrogens with zero attached hydrogens (tertiary/aromatic N) is 1. The van der Waals surface area contributed by atoms with Crippen LogP contribution in [0.5, 0.6) is 0 Å². The lowest BCUT2D eigenvalue weighted by Crippen LogP contribution is -2.41. The zero-order valence-electron chi connectivity index (χ0n) is 7.48. The zero-order valence-corrected chi connectivity index (χ0v) is 8.30. The van der Waals surface area contributed by atoms with Crippen molar-refractivity contribution in [1.82, 2.24) is 14.9 Å². The van der Waals surface area contributed by atoms with E-state index in [0.717, 1.165) is 0 Å². The van der Waals surface area contributed by atoms with Gasteiger partial charge in [-0.05, 0) is 6.92 Å². The molecule has 7 nitrogen and oxygen atoms in total. The lowest BCUT2D eigenvalue weighted by Gasteiger charge is -2.10. The maximum Gasteiger partial charge on any atom is 0.244 e. The summed E-state index contributed by atoms with van der Waals surface area (Å²) in [4.78, 5) is 0.0191. The molecular weight excluding hydrogens is 206 g/mol. The summed E-state index contributed by atoms with van der Waals surface area (Å²) in [6.07, 6.45) is 2.42. The van der Waals surface area contributed by atoms with Crippen LogP contribution in [0, 0.1) is 5.41 Å². The smallest absolute Gasteiger partial charge is 0.244 e. The van der Waals surface area contributed by atoms with Crippen LogP contribution in [-0.2, 0) is 10.0 Å². The van der Waals surface area contributed by atoms with Crippen LogP contribution in [0.2, 0.25) is 0 Å². The molecule has 1 atom stereocenters. The van der Waals surface area contributed by atoms with Gasteiger partial charge >= 0.3 is 0 Å². The Morgan fingerprint density at radius 2 is 2.43 bits per heavy atom. The van der Waals surface area contributed by atoms with E-state index in [0.29, 0.717) is 0 Å². The first-order valence-corrected chi connectivity index (χ1v) is 5.27. The Balaban J connectivity index is 2.84. The van der Waals surface area contributed by atoms with Crippen LogP contribution in [-0.4, -0.2) is 30.5 Å². The summed E-state index contributed by atoms with van der Waals surface area (Å²) >= 11 is 0. The molecule has 1 aromatic rings. The molecule has 8 heteroatoms. The van der Waals surface area contributed by atoms with Crippen LogP contribution in [0.4, 0.5) is 0 Å². The minimum Gasteiger partial charge on any atom is -0.386 e. The highest BCUT2D eigenvalue weighted by molar-refractivity contribution is 7.89. The second kappa shape index (κ2) is 3.76. The van der Waals surface area contributed by atoms with Gasteiger partial charge in [0.15, 0.2) is 0 Å². The highest BCUT2D eigenvalue weighted by atomic mass is 32.2. The van der Waals surface area contributed by atoms with Crippen molar-refractivity contribution in [3.63, 3.8) is 0 Å².